The molecule has 1 aromatic carbocycles. The summed E-state index contributed by atoms with van der Waals surface area (Å²) in [4.78, 5) is 11.4. The molecule has 7 heteroatoms. The second kappa shape index (κ2) is 5.73. The summed E-state index contributed by atoms with van der Waals surface area (Å²) in [6, 6.07) is 5.27. The van der Waals surface area contributed by atoms with Gasteiger partial charge in [0.15, 0.2) is 0 Å². The fourth-order valence-corrected chi connectivity index (χ4v) is 2.30. The molecule has 0 unspecified atom stereocenters. The molecule has 0 atom stereocenters. The van der Waals surface area contributed by atoms with Gasteiger partial charge in [-0.15, -0.1) is 0 Å². The summed E-state index contributed by atoms with van der Waals surface area (Å²) in [5.41, 5.74) is 4.37. The van der Waals surface area contributed by atoms with E-state index >= 15 is 0 Å². The summed E-state index contributed by atoms with van der Waals surface area (Å²) >= 11 is 9.39. The Labute approximate surface area is 123 Å². The topological polar surface area (TPSA) is 72.9 Å². The van der Waals surface area contributed by atoms with Crippen molar-refractivity contribution in [2.24, 2.45) is 5.84 Å². The Morgan fingerprint density at radius 1 is 1.58 bits per heavy atom. The van der Waals surface area contributed by atoms with Crippen LogP contribution in [0.1, 0.15) is 21.6 Å². The average molecular weight is 344 g/mol. The molecule has 0 fully saturated rings. The van der Waals surface area contributed by atoms with Gasteiger partial charge in [-0.1, -0.05) is 33.6 Å². The van der Waals surface area contributed by atoms with Gasteiger partial charge >= 0.3 is 0 Å². The molecule has 0 aliphatic rings. The van der Waals surface area contributed by atoms with E-state index in [4.69, 9.17) is 17.4 Å². The Bertz CT molecular complexity index is 607. The summed E-state index contributed by atoms with van der Waals surface area (Å²) in [5.74, 6) is 4.76. The van der Waals surface area contributed by atoms with Gasteiger partial charge in [0, 0.05) is 16.2 Å². The molecule has 0 spiro atoms. The SMILES string of the molecule is Cc1nn(Cc2ccc(C(=O)NN)cc2Br)cc1Cl. The number of amides is 1. The van der Waals surface area contributed by atoms with Crippen LogP contribution in [0.3, 0.4) is 0 Å². The van der Waals surface area contributed by atoms with E-state index in [2.05, 4.69) is 26.5 Å². The minimum atomic E-state index is -0.328. The molecular formula is C12H12BrClN4O. The largest absolute Gasteiger partial charge is 0.290 e. The van der Waals surface area contributed by atoms with Crippen LogP contribution in [-0.4, -0.2) is 15.7 Å². The number of carbonyl (C=O) groups is 1. The van der Waals surface area contributed by atoms with Crippen molar-refractivity contribution in [3.63, 3.8) is 0 Å². The Balaban J connectivity index is 2.24. The summed E-state index contributed by atoms with van der Waals surface area (Å²) in [5, 5.41) is 4.92. The van der Waals surface area contributed by atoms with Crippen LogP contribution in [0.25, 0.3) is 0 Å². The lowest BCUT2D eigenvalue weighted by atomic mass is 10.1. The second-order valence-electron chi connectivity index (χ2n) is 4.04. The van der Waals surface area contributed by atoms with E-state index in [1.165, 1.54) is 0 Å². The van der Waals surface area contributed by atoms with Gasteiger partial charge in [-0.05, 0) is 24.6 Å². The highest BCUT2D eigenvalue weighted by atomic mass is 79.9. The van der Waals surface area contributed by atoms with Crippen molar-refractivity contribution < 1.29 is 4.79 Å². The molecule has 2 rings (SSSR count). The van der Waals surface area contributed by atoms with Crippen molar-refractivity contribution in [1.29, 1.82) is 0 Å². The van der Waals surface area contributed by atoms with Gasteiger partial charge in [-0.2, -0.15) is 5.10 Å². The van der Waals surface area contributed by atoms with E-state index in [0.29, 0.717) is 17.1 Å². The van der Waals surface area contributed by atoms with Crippen molar-refractivity contribution in [3.8, 4) is 0 Å². The zero-order valence-electron chi connectivity index (χ0n) is 10.2. The first-order chi connectivity index (χ1) is 9.01. The summed E-state index contributed by atoms with van der Waals surface area (Å²) < 4.78 is 2.57. The van der Waals surface area contributed by atoms with E-state index in [1.54, 1.807) is 23.0 Å². The Hall–Kier alpha value is -1.37. The van der Waals surface area contributed by atoms with Crippen LogP contribution in [0.2, 0.25) is 5.02 Å². The van der Waals surface area contributed by atoms with Crippen molar-refractivity contribution in [2.45, 2.75) is 13.5 Å². The molecule has 3 N–H and O–H groups in total. The highest BCUT2D eigenvalue weighted by Gasteiger charge is 2.09. The minimum absolute atomic E-state index is 0.328. The number of nitrogens with zero attached hydrogens (tertiary/aromatic N) is 2. The number of carbonyl (C=O) groups excluding carboxylic acids is 1. The molecule has 100 valence electrons. The van der Waals surface area contributed by atoms with Gasteiger partial charge < -0.3 is 0 Å². The predicted molar refractivity (Wildman–Crippen MR) is 76.9 cm³/mol. The first-order valence-corrected chi connectivity index (χ1v) is 6.67. The number of hydrazine groups is 1. The van der Waals surface area contributed by atoms with E-state index in [0.717, 1.165) is 15.7 Å². The van der Waals surface area contributed by atoms with Crippen LogP contribution >= 0.6 is 27.5 Å². The van der Waals surface area contributed by atoms with Crippen molar-refractivity contribution in [1.82, 2.24) is 15.2 Å². The molecule has 0 saturated heterocycles. The predicted octanol–water partition coefficient (Wildman–Crippen LogP) is 2.26. The maximum absolute atomic E-state index is 11.4. The number of nitrogens with one attached hydrogen (secondary N) is 1. The lowest BCUT2D eigenvalue weighted by Crippen LogP contribution is -2.29. The molecule has 0 aliphatic heterocycles. The maximum atomic E-state index is 11.4. The number of hydrogen-bond donors (Lipinski definition) is 2. The van der Waals surface area contributed by atoms with Crippen LogP contribution < -0.4 is 11.3 Å². The van der Waals surface area contributed by atoms with Crippen molar-refractivity contribution in [3.05, 3.63) is 50.7 Å². The van der Waals surface area contributed by atoms with Gasteiger partial charge in [0.25, 0.3) is 5.91 Å². The molecule has 0 saturated carbocycles. The normalized spacial score (nSPS) is 10.5. The number of hydrogen-bond acceptors (Lipinski definition) is 3. The van der Waals surface area contributed by atoms with E-state index in [9.17, 15) is 4.79 Å². The molecule has 1 aromatic heterocycles. The van der Waals surface area contributed by atoms with Crippen molar-refractivity contribution in [2.75, 3.05) is 0 Å². The highest BCUT2D eigenvalue weighted by molar-refractivity contribution is 9.10. The summed E-state index contributed by atoms with van der Waals surface area (Å²) in [7, 11) is 0. The third-order valence-electron chi connectivity index (χ3n) is 2.67. The molecule has 1 amide bonds. The number of benzene rings is 1. The fraction of sp³-hybridized carbons (Fsp3) is 0.167. The van der Waals surface area contributed by atoms with E-state index in [-0.39, 0.29) is 5.91 Å². The quantitative estimate of drug-likeness (QED) is 0.510. The van der Waals surface area contributed by atoms with Crippen LogP contribution in [0.4, 0.5) is 0 Å². The van der Waals surface area contributed by atoms with E-state index < -0.39 is 0 Å². The molecular weight excluding hydrogens is 332 g/mol. The fourth-order valence-electron chi connectivity index (χ4n) is 1.65. The number of nitrogen functional groups attached to an aromatic ring is 1. The van der Waals surface area contributed by atoms with Crippen LogP contribution in [0.5, 0.6) is 0 Å². The Morgan fingerprint density at radius 2 is 2.32 bits per heavy atom. The van der Waals surface area contributed by atoms with Gasteiger partial charge in [0.05, 0.1) is 17.3 Å². The standard InChI is InChI=1S/C12H12BrClN4O/c1-7-11(14)6-18(17-7)5-9-3-2-8(4-10(9)13)12(19)16-15/h2-4,6H,5,15H2,1H3,(H,16,19). The third kappa shape index (κ3) is 3.15. The van der Waals surface area contributed by atoms with Gasteiger partial charge in [-0.3, -0.25) is 14.9 Å². The van der Waals surface area contributed by atoms with Crippen molar-refractivity contribution >= 4 is 33.4 Å². The second-order valence-corrected chi connectivity index (χ2v) is 5.30. The van der Waals surface area contributed by atoms with Crippen LogP contribution in [-0.2, 0) is 6.54 Å². The number of aromatic nitrogens is 2. The molecule has 1 heterocycles. The molecule has 0 radical (unpaired) electrons. The first-order valence-electron chi connectivity index (χ1n) is 5.50. The Kier molecular flexibility index (Phi) is 4.24. The molecule has 19 heavy (non-hydrogen) atoms. The smallest absolute Gasteiger partial charge is 0.265 e. The number of nitrogens with two attached hydrogens (primary N) is 1. The minimum Gasteiger partial charge on any atom is -0.290 e. The maximum Gasteiger partial charge on any atom is 0.265 e. The van der Waals surface area contributed by atoms with Crippen LogP contribution in [0, 0.1) is 6.92 Å². The number of aryl methyl sites for hydroxylation is 1. The van der Waals surface area contributed by atoms with Gasteiger partial charge in [0.2, 0.25) is 0 Å². The zero-order chi connectivity index (χ0) is 14.0. The van der Waals surface area contributed by atoms with Gasteiger partial charge in [0.1, 0.15) is 0 Å². The Morgan fingerprint density at radius 3 is 2.84 bits per heavy atom. The number of halogens is 2. The van der Waals surface area contributed by atoms with E-state index in [1.807, 2.05) is 13.0 Å². The third-order valence-corrected chi connectivity index (χ3v) is 3.77. The lowest BCUT2D eigenvalue weighted by Gasteiger charge is -2.07. The molecule has 0 aliphatic carbocycles. The zero-order valence-corrected chi connectivity index (χ0v) is 12.5. The first kappa shape index (κ1) is 14.0. The summed E-state index contributed by atoms with van der Waals surface area (Å²) in [6.45, 7) is 2.42. The molecule has 0 bridgehead atoms. The molecule has 5 nitrogen and oxygen atoms in total. The highest BCUT2D eigenvalue weighted by Crippen LogP contribution is 2.21. The van der Waals surface area contributed by atoms with Crippen LogP contribution in [0.15, 0.2) is 28.9 Å². The summed E-state index contributed by atoms with van der Waals surface area (Å²) in [6.07, 6.45) is 1.77. The lowest BCUT2D eigenvalue weighted by molar-refractivity contribution is 0.0953. The van der Waals surface area contributed by atoms with Gasteiger partial charge in [-0.25, -0.2) is 5.84 Å². The number of rotatable bonds is 3. The monoisotopic (exact) mass is 342 g/mol. The average Bonchev–Trinajstić information content (AvgIpc) is 2.70. The molecule has 2 aromatic rings.